The maximum atomic E-state index is 12.2. The number of carboxylic acids is 1. The lowest BCUT2D eigenvalue weighted by molar-refractivity contribution is -0.142. The van der Waals surface area contributed by atoms with E-state index in [9.17, 15) is 9.59 Å². The molecule has 7 heteroatoms. The van der Waals surface area contributed by atoms with Gasteiger partial charge in [-0.2, -0.15) is 8.73 Å². The molecule has 110 valence electrons. The molecule has 0 spiro atoms. The second-order valence-corrected chi connectivity index (χ2v) is 5.86. The number of nitrogens with zero attached hydrogens (tertiary/aromatic N) is 2. The maximum Gasteiger partial charge on any atom is 0.306 e. The van der Waals surface area contributed by atoms with E-state index in [1.165, 1.54) is 0 Å². The molecule has 6 nitrogen and oxygen atoms in total. The van der Waals surface area contributed by atoms with Gasteiger partial charge < -0.3 is 10.4 Å². The molecule has 1 heterocycles. The first-order valence-electron chi connectivity index (χ1n) is 6.89. The molecule has 2 aliphatic rings. The topological polar surface area (TPSA) is 91.1 Å². The fourth-order valence-corrected chi connectivity index (χ4v) is 3.19. The van der Waals surface area contributed by atoms with Gasteiger partial charge >= 0.3 is 5.97 Å². The van der Waals surface area contributed by atoms with Gasteiger partial charge in [-0.3, -0.25) is 9.59 Å². The van der Waals surface area contributed by atoms with Gasteiger partial charge in [-0.15, -0.1) is 0 Å². The van der Waals surface area contributed by atoms with E-state index < -0.39 is 5.97 Å². The molecule has 0 unspecified atom stereocenters. The van der Waals surface area contributed by atoms with Crippen LogP contribution in [0.25, 0.3) is 0 Å². The van der Waals surface area contributed by atoms with Gasteiger partial charge in [-0.1, -0.05) is 0 Å². The first kappa shape index (κ1) is 13.9. The van der Waals surface area contributed by atoms with E-state index in [0.29, 0.717) is 31.2 Å². The Bertz CT molecular complexity index is 659. The summed E-state index contributed by atoms with van der Waals surface area (Å²) in [5.74, 6) is -1.14. The zero-order chi connectivity index (χ0) is 14.8. The van der Waals surface area contributed by atoms with Crippen LogP contribution in [0.1, 0.15) is 36.0 Å². The molecule has 2 N–H and O–H groups in total. The highest BCUT2D eigenvalue weighted by atomic mass is 32.1. The number of benzene rings is 1. The molecule has 1 aliphatic heterocycles. The minimum Gasteiger partial charge on any atom is -0.481 e. The van der Waals surface area contributed by atoms with Crippen molar-refractivity contribution >= 4 is 34.6 Å². The summed E-state index contributed by atoms with van der Waals surface area (Å²) in [5.41, 5.74) is 2.08. The number of carbonyl (C=O) groups is 2. The van der Waals surface area contributed by atoms with Crippen LogP contribution in [0.5, 0.6) is 0 Å². The van der Waals surface area contributed by atoms with Crippen LogP contribution in [-0.4, -0.2) is 23.0 Å². The Morgan fingerprint density at radius 2 is 1.86 bits per heavy atom. The number of fused-ring (bicyclic) bond motifs is 1. The van der Waals surface area contributed by atoms with Crippen LogP contribution in [0.4, 0.5) is 11.4 Å². The van der Waals surface area contributed by atoms with Gasteiger partial charge in [0.1, 0.15) is 11.4 Å². The third-order valence-electron chi connectivity index (χ3n) is 3.93. The van der Waals surface area contributed by atoms with Gasteiger partial charge in [-0.25, -0.2) is 0 Å². The summed E-state index contributed by atoms with van der Waals surface area (Å²) >= 11 is 1.12. The number of carbonyl (C=O) groups excluding carboxylic acids is 1. The Labute approximate surface area is 125 Å². The molecule has 0 radical (unpaired) electrons. The first-order chi connectivity index (χ1) is 10.1. The Kier molecular flexibility index (Phi) is 3.83. The van der Waals surface area contributed by atoms with Gasteiger partial charge in [-0.05, 0) is 43.9 Å². The number of nitrogens with one attached hydrogen (secondary N) is 1. The van der Waals surface area contributed by atoms with E-state index in [4.69, 9.17) is 5.11 Å². The number of rotatable bonds is 3. The molecular weight excluding hydrogens is 290 g/mol. The molecule has 0 aromatic heterocycles. The number of hydrogen-bond donors (Lipinski definition) is 2. The van der Waals surface area contributed by atoms with Crippen LogP contribution in [0.3, 0.4) is 0 Å². The van der Waals surface area contributed by atoms with Crippen LogP contribution in [-0.2, 0) is 16.1 Å². The van der Waals surface area contributed by atoms with Gasteiger partial charge in [0.05, 0.1) is 17.3 Å². The molecule has 3 rings (SSSR count). The second-order valence-electron chi connectivity index (χ2n) is 5.33. The third kappa shape index (κ3) is 3.02. The number of aliphatic carboxylic acids is 1. The lowest BCUT2D eigenvalue weighted by atomic mass is 9.86. The molecule has 0 saturated heterocycles. The highest BCUT2D eigenvalue weighted by Gasteiger charge is 2.27. The van der Waals surface area contributed by atoms with Crippen molar-refractivity contribution in [3.8, 4) is 0 Å². The number of amides is 1. The van der Waals surface area contributed by atoms with Crippen molar-refractivity contribution in [3.05, 3.63) is 23.8 Å². The maximum absolute atomic E-state index is 12.2. The largest absolute Gasteiger partial charge is 0.481 e. The van der Waals surface area contributed by atoms with Crippen molar-refractivity contribution < 1.29 is 14.7 Å². The molecule has 1 aromatic rings. The Balaban J connectivity index is 1.60. The van der Waals surface area contributed by atoms with Crippen molar-refractivity contribution in [2.75, 3.05) is 0 Å². The summed E-state index contributed by atoms with van der Waals surface area (Å²) in [7, 11) is 0. The van der Waals surface area contributed by atoms with E-state index in [1.807, 2.05) is 0 Å². The highest BCUT2D eigenvalue weighted by molar-refractivity contribution is 7.58. The van der Waals surface area contributed by atoms with Crippen molar-refractivity contribution in [2.45, 2.75) is 31.7 Å². The van der Waals surface area contributed by atoms with E-state index in [1.54, 1.807) is 18.2 Å². The lowest BCUT2D eigenvalue weighted by Gasteiger charge is -2.26. The zero-order valence-corrected chi connectivity index (χ0v) is 12.1. The normalized spacial score (nSPS) is 23.2. The minimum atomic E-state index is -0.735. The Morgan fingerprint density at radius 3 is 2.57 bits per heavy atom. The van der Waals surface area contributed by atoms with E-state index in [2.05, 4.69) is 14.0 Å². The average Bonchev–Trinajstić information content (AvgIpc) is 2.95. The molecule has 21 heavy (non-hydrogen) atoms. The van der Waals surface area contributed by atoms with E-state index in [-0.39, 0.29) is 17.9 Å². The molecule has 1 aromatic carbocycles. The predicted octanol–water partition coefficient (Wildman–Crippen LogP) is 2.79. The van der Waals surface area contributed by atoms with Gasteiger partial charge in [0.25, 0.3) is 5.91 Å². The lowest BCUT2D eigenvalue weighted by Crippen LogP contribution is -2.38. The summed E-state index contributed by atoms with van der Waals surface area (Å²) in [6.45, 7) is 0. The molecule has 1 saturated carbocycles. The second kappa shape index (κ2) is 5.77. The Hall–Kier alpha value is -2.02. The van der Waals surface area contributed by atoms with Crippen LogP contribution in [0.15, 0.2) is 26.9 Å². The van der Waals surface area contributed by atoms with Crippen molar-refractivity contribution in [2.24, 2.45) is 14.6 Å². The number of hydrogen-bond acceptors (Lipinski definition) is 4. The highest BCUT2D eigenvalue weighted by Crippen LogP contribution is 2.32. The van der Waals surface area contributed by atoms with Crippen LogP contribution in [0.2, 0.25) is 0 Å². The number of carboxylic acid groups (broad SMARTS) is 1. The van der Waals surface area contributed by atoms with Crippen molar-refractivity contribution in [3.63, 3.8) is 0 Å². The summed E-state index contributed by atoms with van der Waals surface area (Å²) < 4.78 is 8.23. The van der Waals surface area contributed by atoms with Crippen molar-refractivity contribution in [1.29, 1.82) is 0 Å². The summed E-state index contributed by atoms with van der Waals surface area (Å²) in [5, 5.41) is 11.9. The fraction of sp³-hybridized carbons (Fsp3) is 0.429. The standard InChI is InChI=1S/C14H15N3O3S/c18-13(9-3-6-11-12(7-9)17-21-16-11)15-10-4-1-8(2-5-10)14(19)20/h3,6-8,10H,1-2,4-5H2,(H,15,18)(H,19,20). The Morgan fingerprint density at radius 1 is 1.14 bits per heavy atom. The minimum absolute atomic E-state index is 0.0531. The SMILES string of the molecule is O=C(NC1CCC(C(=O)O)CC1)c1ccc2c(c1)N=S=N2. The fourth-order valence-electron chi connectivity index (χ4n) is 2.68. The first-order valence-corrected chi connectivity index (χ1v) is 7.62. The molecule has 1 amide bonds. The molecule has 1 fully saturated rings. The molecule has 0 bridgehead atoms. The molecular formula is C14H15N3O3S. The van der Waals surface area contributed by atoms with Crippen LogP contribution in [0, 0.1) is 5.92 Å². The van der Waals surface area contributed by atoms with Gasteiger partial charge in [0.15, 0.2) is 0 Å². The third-order valence-corrected chi connectivity index (χ3v) is 4.48. The average molecular weight is 305 g/mol. The summed E-state index contributed by atoms with van der Waals surface area (Å²) in [4.78, 5) is 23.1. The predicted molar refractivity (Wildman–Crippen MR) is 78.8 cm³/mol. The molecule has 0 atom stereocenters. The quantitative estimate of drug-likeness (QED) is 0.913. The van der Waals surface area contributed by atoms with Gasteiger partial charge in [0.2, 0.25) is 0 Å². The van der Waals surface area contributed by atoms with Crippen LogP contribution < -0.4 is 5.32 Å². The summed E-state index contributed by atoms with van der Waals surface area (Å²) in [6.07, 6.45) is 2.66. The van der Waals surface area contributed by atoms with E-state index >= 15 is 0 Å². The smallest absolute Gasteiger partial charge is 0.306 e. The van der Waals surface area contributed by atoms with E-state index in [0.717, 1.165) is 22.7 Å². The van der Waals surface area contributed by atoms with Gasteiger partial charge in [0, 0.05) is 11.6 Å². The van der Waals surface area contributed by atoms with Crippen LogP contribution >= 0.6 is 0 Å². The van der Waals surface area contributed by atoms with Crippen molar-refractivity contribution in [1.82, 2.24) is 5.32 Å². The molecule has 1 aliphatic carbocycles. The summed E-state index contributed by atoms with van der Waals surface area (Å²) in [6, 6.07) is 5.31. The monoisotopic (exact) mass is 305 g/mol. The zero-order valence-electron chi connectivity index (χ0n) is 11.3.